The van der Waals surface area contributed by atoms with Gasteiger partial charge in [0.25, 0.3) is 11.5 Å². The van der Waals surface area contributed by atoms with Crippen LogP contribution in [0.3, 0.4) is 0 Å². The average Bonchev–Trinajstić information content (AvgIpc) is 3.54. The lowest BCUT2D eigenvalue weighted by atomic mass is 9.73. The molecule has 4 aliphatic carbocycles. The molecule has 3 heterocycles. The molecule has 5 aliphatic rings. The van der Waals surface area contributed by atoms with Crippen molar-refractivity contribution in [3.8, 4) is 0 Å². The Morgan fingerprint density at radius 1 is 1.04 bits per heavy atom. The molecule has 5 fully saturated rings. The third-order valence-electron chi connectivity index (χ3n) is 12.6. The fraction of sp³-hybridized carbons (Fsp3) is 0.632. The zero-order valence-electron chi connectivity index (χ0n) is 27.9. The van der Waals surface area contributed by atoms with E-state index < -0.39 is 0 Å². The van der Waals surface area contributed by atoms with Gasteiger partial charge in [0.2, 0.25) is 0 Å². The molecule has 2 aromatic heterocycles. The van der Waals surface area contributed by atoms with Crippen molar-refractivity contribution < 1.29 is 4.79 Å². The highest BCUT2D eigenvalue weighted by molar-refractivity contribution is 6.08. The number of nitrogens with one attached hydrogen (secondary N) is 3. The molecule has 1 saturated heterocycles. The number of fused-ring (bicyclic) bond motifs is 1. The van der Waals surface area contributed by atoms with Gasteiger partial charge < -0.3 is 25.1 Å². The summed E-state index contributed by atoms with van der Waals surface area (Å²) >= 11 is 0. The lowest BCUT2D eigenvalue weighted by molar-refractivity contribution is 0.0951. The van der Waals surface area contributed by atoms with E-state index in [1.807, 2.05) is 26.0 Å². The van der Waals surface area contributed by atoms with Gasteiger partial charge in [-0.2, -0.15) is 0 Å². The highest BCUT2D eigenvalue weighted by atomic mass is 16.2. The second-order valence-corrected chi connectivity index (χ2v) is 15.3. The fourth-order valence-corrected chi connectivity index (χ4v) is 10.5. The maximum atomic E-state index is 13.6. The molecular formula is C38H53N5O2. The summed E-state index contributed by atoms with van der Waals surface area (Å²) in [5, 5.41) is 7.87. The van der Waals surface area contributed by atoms with E-state index in [2.05, 4.69) is 57.1 Å². The average molecular weight is 612 g/mol. The van der Waals surface area contributed by atoms with E-state index in [4.69, 9.17) is 0 Å². The minimum absolute atomic E-state index is 0.121. The Labute approximate surface area is 268 Å². The van der Waals surface area contributed by atoms with E-state index in [0.717, 1.165) is 77.4 Å². The number of nitrogens with zero attached hydrogens (tertiary/aromatic N) is 2. The predicted octanol–water partition coefficient (Wildman–Crippen LogP) is 6.26. The van der Waals surface area contributed by atoms with E-state index in [9.17, 15) is 9.59 Å². The first-order valence-corrected chi connectivity index (χ1v) is 17.7. The first-order valence-electron chi connectivity index (χ1n) is 17.7. The van der Waals surface area contributed by atoms with Crippen LogP contribution < -0.4 is 16.2 Å². The van der Waals surface area contributed by atoms with Crippen LogP contribution in [0, 0.1) is 49.9 Å². The summed E-state index contributed by atoms with van der Waals surface area (Å²) in [4.78, 5) is 31.7. The van der Waals surface area contributed by atoms with E-state index in [-0.39, 0.29) is 18.0 Å². The van der Waals surface area contributed by atoms with Crippen molar-refractivity contribution in [2.24, 2.45) is 29.1 Å². The van der Waals surface area contributed by atoms with Crippen molar-refractivity contribution in [3.05, 3.63) is 68.8 Å². The number of amides is 1. The normalized spacial score (nSPS) is 27.1. The van der Waals surface area contributed by atoms with Gasteiger partial charge in [0.05, 0.1) is 5.56 Å². The highest BCUT2D eigenvalue weighted by Gasteiger charge is 2.56. The summed E-state index contributed by atoms with van der Waals surface area (Å²) in [6.07, 6.45) is 11.4. The molecule has 1 aromatic carbocycles. The summed E-state index contributed by atoms with van der Waals surface area (Å²) in [6.45, 7) is 14.1. The van der Waals surface area contributed by atoms with E-state index in [0.29, 0.717) is 22.9 Å². The quantitative estimate of drug-likeness (QED) is 0.224. The third kappa shape index (κ3) is 5.80. The van der Waals surface area contributed by atoms with Crippen LogP contribution in [-0.2, 0) is 6.54 Å². The van der Waals surface area contributed by atoms with E-state index in [1.54, 1.807) is 0 Å². The molecular weight excluding hydrogens is 558 g/mol. The van der Waals surface area contributed by atoms with E-state index >= 15 is 0 Å². The largest absolute Gasteiger partial charge is 0.348 e. The molecule has 3 N–H and O–H groups in total. The Bertz CT molecular complexity index is 1600. The number of rotatable bonds is 11. The van der Waals surface area contributed by atoms with Crippen LogP contribution in [0.2, 0.25) is 0 Å². The Morgan fingerprint density at radius 3 is 2.51 bits per heavy atom. The van der Waals surface area contributed by atoms with E-state index in [1.165, 1.54) is 57.9 Å². The van der Waals surface area contributed by atoms with Crippen LogP contribution in [0.4, 0.5) is 0 Å². The molecule has 1 aliphatic heterocycles. The second kappa shape index (κ2) is 12.4. The lowest BCUT2D eigenvalue weighted by Gasteiger charge is -2.36. The summed E-state index contributed by atoms with van der Waals surface area (Å²) in [7, 11) is 0. The van der Waals surface area contributed by atoms with Crippen LogP contribution in [0.1, 0.15) is 97.2 Å². The molecule has 4 saturated carbocycles. The molecule has 0 radical (unpaired) electrons. The molecule has 2 unspecified atom stereocenters. The van der Waals surface area contributed by atoms with Crippen molar-refractivity contribution in [2.45, 2.75) is 91.6 Å². The molecule has 4 bridgehead atoms. The Balaban J connectivity index is 0.938. The molecule has 45 heavy (non-hydrogen) atoms. The Hall–Kier alpha value is -2.90. The maximum Gasteiger partial charge on any atom is 0.254 e. The zero-order chi connectivity index (χ0) is 31.3. The Kier molecular flexibility index (Phi) is 8.45. The first kappa shape index (κ1) is 30.7. The monoisotopic (exact) mass is 611 g/mol. The summed E-state index contributed by atoms with van der Waals surface area (Å²) in [5.74, 6) is 3.61. The number of para-hydroxylation sites is 1. The number of H-pyrrole nitrogens is 1. The molecule has 7 heteroatoms. The van der Waals surface area contributed by atoms with Crippen LogP contribution in [0.15, 0.2) is 35.1 Å². The second-order valence-electron chi connectivity index (χ2n) is 15.3. The van der Waals surface area contributed by atoms with Gasteiger partial charge in [0.1, 0.15) is 0 Å². The van der Waals surface area contributed by atoms with Crippen molar-refractivity contribution in [2.75, 3.05) is 32.7 Å². The van der Waals surface area contributed by atoms with Gasteiger partial charge in [-0.1, -0.05) is 18.2 Å². The van der Waals surface area contributed by atoms with Gasteiger partial charge >= 0.3 is 0 Å². The van der Waals surface area contributed by atoms with Crippen molar-refractivity contribution >= 4 is 16.8 Å². The minimum atomic E-state index is -0.134. The van der Waals surface area contributed by atoms with Crippen molar-refractivity contribution in [1.29, 1.82) is 0 Å². The van der Waals surface area contributed by atoms with Crippen molar-refractivity contribution in [1.82, 2.24) is 25.1 Å². The molecule has 0 spiro atoms. The topological polar surface area (TPSA) is 82.2 Å². The van der Waals surface area contributed by atoms with Gasteiger partial charge in [0, 0.05) is 53.5 Å². The minimum Gasteiger partial charge on any atom is -0.348 e. The molecule has 3 atom stereocenters. The number of carbonyl (C=O) groups excluding carboxylic acids is 1. The van der Waals surface area contributed by atoms with Crippen LogP contribution in [0.5, 0.6) is 0 Å². The fourth-order valence-electron chi connectivity index (χ4n) is 10.5. The SMILES string of the molecule is Cc1cc(C)c(CNC(=O)c2c(C)n([C@@H](C)C3CCN(CCNCCC45CC6CC(CC4C6)C5)CC3)c3ccccc23)c(=O)[nH]1. The van der Waals surface area contributed by atoms with Crippen LogP contribution >= 0.6 is 0 Å². The first-order chi connectivity index (χ1) is 21.7. The number of hydrogen-bond donors (Lipinski definition) is 3. The number of carbonyl (C=O) groups is 1. The zero-order valence-corrected chi connectivity index (χ0v) is 27.9. The van der Waals surface area contributed by atoms with Crippen molar-refractivity contribution in [3.63, 3.8) is 0 Å². The molecule has 242 valence electrons. The number of piperidine rings is 1. The lowest BCUT2D eigenvalue weighted by Crippen LogP contribution is -2.40. The third-order valence-corrected chi connectivity index (χ3v) is 12.6. The summed E-state index contributed by atoms with van der Waals surface area (Å²) < 4.78 is 2.40. The number of hydrogen-bond acceptors (Lipinski definition) is 4. The van der Waals surface area contributed by atoms with Gasteiger partial charge in [0.15, 0.2) is 0 Å². The molecule has 3 aromatic rings. The van der Waals surface area contributed by atoms with Gasteiger partial charge in [-0.15, -0.1) is 0 Å². The number of aromatic nitrogens is 2. The predicted molar refractivity (Wildman–Crippen MR) is 182 cm³/mol. The van der Waals surface area contributed by atoms with Gasteiger partial charge in [-0.3, -0.25) is 9.59 Å². The number of aromatic amines is 1. The number of benzene rings is 1. The summed E-state index contributed by atoms with van der Waals surface area (Å²) in [6, 6.07) is 10.5. The highest BCUT2D eigenvalue weighted by Crippen LogP contribution is 2.66. The molecule has 7 nitrogen and oxygen atoms in total. The Morgan fingerprint density at radius 2 is 1.78 bits per heavy atom. The summed E-state index contributed by atoms with van der Waals surface area (Å²) in [5.41, 5.74) is 5.75. The van der Waals surface area contributed by atoms with Gasteiger partial charge in [-0.05, 0) is 145 Å². The molecule has 1 amide bonds. The number of likely N-dealkylation sites (tertiary alicyclic amines) is 1. The van der Waals surface area contributed by atoms with Gasteiger partial charge in [-0.25, -0.2) is 0 Å². The smallest absolute Gasteiger partial charge is 0.254 e. The molecule has 8 rings (SSSR count). The maximum absolute atomic E-state index is 13.6. The number of aryl methyl sites for hydroxylation is 2. The van der Waals surface area contributed by atoms with Crippen LogP contribution in [-0.4, -0.2) is 53.1 Å². The standard InChI is InChI=1S/C38H53N5O2/c1-24-17-25(2)41-36(44)33(24)23-40-37(45)35-27(4)43(34-8-6-5-7-32(34)35)26(3)30-9-14-42(15-10-30)16-13-39-12-11-38-21-28-18-29(22-38)20-31(38)19-28/h5-8,17,26,28-31,39H,9-16,18-23H2,1-4H3,(H,40,45)(H,41,44)/t26-,28?,29?,31?,38?/m0/s1. The van der Waals surface area contributed by atoms with Crippen LogP contribution in [0.25, 0.3) is 10.9 Å². The number of pyridine rings is 1.